The predicted octanol–water partition coefficient (Wildman–Crippen LogP) is 2.12. The van der Waals surface area contributed by atoms with Crippen LogP contribution in [-0.2, 0) is 4.74 Å². The Morgan fingerprint density at radius 3 is 1.89 bits per heavy atom. The van der Waals surface area contributed by atoms with Crippen LogP contribution in [0.3, 0.4) is 0 Å². The molecule has 0 aromatic heterocycles. The Labute approximate surface area is 66.3 Å². The highest BCUT2D eigenvalue weighted by Crippen LogP contribution is 2.19. The summed E-state index contributed by atoms with van der Waals surface area (Å²) >= 11 is 11.2. The molecule has 0 rings (SSSR count). The van der Waals surface area contributed by atoms with Crippen molar-refractivity contribution in [1.82, 2.24) is 0 Å². The minimum Gasteiger partial charge on any atom is -0.384 e. The summed E-state index contributed by atoms with van der Waals surface area (Å²) in [5.41, 5.74) is -0.0577. The molecule has 0 saturated carbocycles. The Hall–Kier alpha value is 0.540. The van der Waals surface area contributed by atoms with E-state index in [9.17, 15) is 0 Å². The summed E-state index contributed by atoms with van der Waals surface area (Å²) in [7, 11) is 1.65. The van der Waals surface area contributed by atoms with Gasteiger partial charge in [-0.05, 0) is 0 Å². The van der Waals surface area contributed by atoms with Crippen molar-refractivity contribution in [2.75, 3.05) is 25.5 Å². The van der Waals surface area contributed by atoms with Crippen LogP contribution in [0.25, 0.3) is 0 Å². The average molecular weight is 171 g/mol. The molecule has 0 aliphatic carbocycles. The van der Waals surface area contributed by atoms with Crippen LogP contribution >= 0.6 is 23.2 Å². The third kappa shape index (κ3) is 3.29. The second kappa shape index (κ2) is 4.37. The van der Waals surface area contributed by atoms with Gasteiger partial charge in [0, 0.05) is 24.3 Å². The molecule has 0 N–H and O–H groups in total. The molecule has 0 atom stereocenters. The molecule has 0 fully saturated rings. The van der Waals surface area contributed by atoms with E-state index >= 15 is 0 Å². The van der Waals surface area contributed by atoms with Gasteiger partial charge in [-0.25, -0.2) is 0 Å². The van der Waals surface area contributed by atoms with Crippen molar-refractivity contribution >= 4 is 23.2 Å². The molecule has 0 aliphatic rings. The van der Waals surface area contributed by atoms with E-state index in [0.29, 0.717) is 18.4 Å². The van der Waals surface area contributed by atoms with Gasteiger partial charge >= 0.3 is 0 Å². The van der Waals surface area contributed by atoms with Crippen LogP contribution in [0.5, 0.6) is 0 Å². The lowest BCUT2D eigenvalue weighted by atomic mass is 9.98. The van der Waals surface area contributed by atoms with Crippen molar-refractivity contribution in [2.24, 2.45) is 5.41 Å². The maximum Gasteiger partial charge on any atom is 0.0538 e. The molecule has 1 nitrogen and oxygen atoms in total. The second-order valence-corrected chi connectivity index (χ2v) is 3.05. The number of halogens is 2. The van der Waals surface area contributed by atoms with Crippen molar-refractivity contribution < 1.29 is 4.74 Å². The van der Waals surface area contributed by atoms with E-state index in [4.69, 9.17) is 27.9 Å². The van der Waals surface area contributed by atoms with Gasteiger partial charge in [0.2, 0.25) is 0 Å². The van der Waals surface area contributed by atoms with Crippen LogP contribution < -0.4 is 0 Å². The van der Waals surface area contributed by atoms with Gasteiger partial charge < -0.3 is 4.74 Å². The van der Waals surface area contributed by atoms with Gasteiger partial charge in [-0.1, -0.05) is 6.92 Å². The molecule has 0 aromatic rings. The van der Waals surface area contributed by atoms with Crippen LogP contribution in [-0.4, -0.2) is 25.5 Å². The Morgan fingerprint density at radius 2 is 1.78 bits per heavy atom. The highest BCUT2D eigenvalue weighted by molar-refractivity contribution is 6.21. The molecule has 56 valence electrons. The first-order valence-electron chi connectivity index (χ1n) is 2.79. The quantitative estimate of drug-likeness (QED) is 0.588. The van der Waals surface area contributed by atoms with Gasteiger partial charge in [-0.15, -0.1) is 23.2 Å². The molecule has 0 aromatic carbocycles. The summed E-state index contributed by atoms with van der Waals surface area (Å²) < 4.78 is 4.92. The third-order valence-electron chi connectivity index (χ3n) is 1.14. The Morgan fingerprint density at radius 1 is 1.33 bits per heavy atom. The zero-order valence-corrected chi connectivity index (χ0v) is 7.30. The number of rotatable bonds is 4. The maximum atomic E-state index is 5.62. The van der Waals surface area contributed by atoms with E-state index in [-0.39, 0.29) is 5.41 Å². The largest absolute Gasteiger partial charge is 0.384 e. The maximum absolute atomic E-state index is 5.62. The normalized spacial score (nSPS) is 12.0. The molecular formula is C6H12Cl2O. The fraction of sp³-hybridized carbons (Fsp3) is 1.00. The van der Waals surface area contributed by atoms with Gasteiger partial charge in [0.1, 0.15) is 0 Å². The highest BCUT2D eigenvalue weighted by Gasteiger charge is 2.21. The molecule has 0 radical (unpaired) electrons. The van der Waals surface area contributed by atoms with Crippen LogP contribution in [0.1, 0.15) is 6.92 Å². The number of hydrogen-bond donors (Lipinski definition) is 0. The molecule has 0 heterocycles. The van der Waals surface area contributed by atoms with E-state index in [2.05, 4.69) is 0 Å². The van der Waals surface area contributed by atoms with Crippen LogP contribution in [0.2, 0.25) is 0 Å². The van der Waals surface area contributed by atoms with Gasteiger partial charge in [0.05, 0.1) is 6.61 Å². The van der Waals surface area contributed by atoms with E-state index in [0.717, 1.165) is 0 Å². The first-order valence-corrected chi connectivity index (χ1v) is 3.86. The van der Waals surface area contributed by atoms with Gasteiger partial charge in [-0.2, -0.15) is 0 Å². The molecule has 0 amide bonds. The summed E-state index contributed by atoms with van der Waals surface area (Å²) in [6.45, 7) is 2.62. The van der Waals surface area contributed by atoms with Gasteiger partial charge in [-0.3, -0.25) is 0 Å². The third-order valence-corrected chi connectivity index (χ3v) is 2.43. The number of methoxy groups -OCH3 is 1. The molecule has 0 saturated heterocycles. The smallest absolute Gasteiger partial charge is 0.0538 e. The lowest BCUT2D eigenvalue weighted by molar-refractivity contribution is 0.120. The van der Waals surface area contributed by atoms with Crippen molar-refractivity contribution in [1.29, 1.82) is 0 Å². The van der Waals surface area contributed by atoms with E-state index < -0.39 is 0 Å². The van der Waals surface area contributed by atoms with Crippen LogP contribution in [0.15, 0.2) is 0 Å². The van der Waals surface area contributed by atoms with Crippen molar-refractivity contribution in [3.8, 4) is 0 Å². The number of ether oxygens (including phenoxy) is 1. The number of alkyl halides is 2. The Kier molecular flexibility index (Phi) is 4.63. The second-order valence-electron chi connectivity index (χ2n) is 2.51. The Balaban J connectivity index is 3.62. The van der Waals surface area contributed by atoms with E-state index in [1.54, 1.807) is 7.11 Å². The van der Waals surface area contributed by atoms with Gasteiger partial charge in [0.15, 0.2) is 0 Å². The average Bonchev–Trinajstić information content (AvgIpc) is 1.89. The minimum absolute atomic E-state index is 0.0577. The Bertz CT molecular complexity index is 71.5. The first kappa shape index (κ1) is 9.54. The highest BCUT2D eigenvalue weighted by atomic mass is 35.5. The van der Waals surface area contributed by atoms with Crippen molar-refractivity contribution in [3.05, 3.63) is 0 Å². The minimum atomic E-state index is -0.0577. The molecule has 3 heteroatoms. The summed E-state index contributed by atoms with van der Waals surface area (Å²) in [6, 6.07) is 0. The first-order chi connectivity index (χ1) is 4.18. The molecule has 0 spiro atoms. The zero-order chi connectivity index (χ0) is 7.33. The zero-order valence-electron chi connectivity index (χ0n) is 5.79. The summed E-state index contributed by atoms with van der Waals surface area (Å²) in [6.07, 6.45) is 0. The lowest BCUT2D eigenvalue weighted by Gasteiger charge is -2.22. The monoisotopic (exact) mass is 170 g/mol. The van der Waals surface area contributed by atoms with Crippen LogP contribution in [0, 0.1) is 5.41 Å². The molecule has 0 unspecified atom stereocenters. The van der Waals surface area contributed by atoms with E-state index in [1.165, 1.54) is 0 Å². The topological polar surface area (TPSA) is 9.23 Å². The fourth-order valence-electron chi connectivity index (χ4n) is 0.461. The predicted molar refractivity (Wildman–Crippen MR) is 41.4 cm³/mol. The molecular weight excluding hydrogens is 159 g/mol. The van der Waals surface area contributed by atoms with E-state index in [1.807, 2.05) is 6.92 Å². The lowest BCUT2D eigenvalue weighted by Crippen LogP contribution is -2.26. The van der Waals surface area contributed by atoms with Crippen LogP contribution in [0.4, 0.5) is 0 Å². The molecule has 0 aliphatic heterocycles. The standard InChI is InChI=1S/C6H12Cl2O/c1-6(3-7,4-8)5-9-2/h3-5H2,1-2H3. The summed E-state index contributed by atoms with van der Waals surface area (Å²) in [4.78, 5) is 0. The number of hydrogen-bond acceptors (Lipinski definition) is 1. The molecule has 0 bridgehead atoms. The SMILES string of the molecule is COCC(C)(CCl)CCl. The summed E-state index contributed by atoms with van der Waals surface area (Å²) in [5.74, 6) is 1.09. The van der Waals surface area contributed by atoms with Crippen molar-refractivity contribution in [2.45, 2.75) is 6.92 Å². The van der Waals surface area contributed by atoms with Gasteiger partial charge in [0.25, 0.3) is 0 Å². The van der Waals surface area contributed by atoms with Crippen molar-refractivity contribution in [3.63, 3.8) is 0 Å². The molecule has 9 heavy (non-hydrogen) atoms. The summed E-state index contributed by atoms with van der Waals surface area (Å²) in [5, 5.41) is 0. The fourth-order valence-corrected chi connectivity index (χ4v) is 0.901.